The fraction of sp³-hybridized carbons (Fsp3) is 0.297. The molecule has 246 valence electrons. The molecule has 1 aliphatic rings. The monoisotopic (exact) mass is 691 g/mol. The van der Waals surface area contributed by atoms with Gasteiger partial charge in [-0.2, -0.15) is 0 Å². The number of nitrogens with zero attached hydrogens (tertiary/aromatic N) is 2. The van der Waals surface area contributed by atoms with Crippen LogP contribution in [0.15, 0.2) is 102 Å². The Kier molecular flexibility index (Phi) is 11.3. The SMILES string of the molecule is Cc1ccc(S(=O)(=O)N(CC(=O)N(Cc2c(Cl)cccc2Cl)[C@H](Cc2ccccc2)C(=O)NC2CCCC2)c2ccccc2C)cc1. The fourth-order valence-electron chi connectivity index (χ4n) is 5.97. The topological polar surface area (TPSA) is 86.8 Å². The van der Waals surface area contributed by atoms with Gasteiger partial charge in [-0.25, -0.2) is 8.42 Å². The first-order chi connectivity index (χ1) is 22.5. The average molecular weight is 693 g/mol. The lowest BCUT2D eigenvalue weighted by atomic mass is 10.0. The number of halogens is 2. The summed E-state index contributed by atoms with van der Waals surface area (Å²) < 4.78 is 29.7. The van der Waals surface area contributed by atoms with Gasteiger partial charge in [-0.1, -0.05) is 108 Å². The quantitative estimate of drug-likeness (QED) is 0.167. The number of carbonyl (C=O) groups excluding carboxylic acids is 2. The van der Waals surface area contributed by atoms with Crippen LogP contribution < -0.4 is 9.62 Å². The number of nitrogens with one attached hydrogen (secondary N) is 1. The largest absolute Gasteiger partial charge is 0.352 e. The summed E-state index contributed by atoms with van der Waals surface area (Å²) in [6.45, 7) is 3.02. The van der Waals surface area contributed by atoms with E-state index in [0.717, 1.165) is 41.1 Å². The van der Waals surface area contributed by atoms with Gasteiger partial charge in [0.05, 0.1) is 10.6 Å². The van der Waals surface area contributed by atoms with E-state index >= 15 is 0 Å². The molecule has 7 nitrogen and oxygen atoms in total. The van der Waals surface area contributed by atoms with E-state index in [1.807, 2.05) is 43.3 Å². The van der Waals surface area contributed by atoms with E-state index < -0.39 is 28.5 Å². The molecule has 0 spiro atoms. The molecular formula is C37H39Cl2N3O4S. The molecule has 0 aliphatic heterocycles. The van der Waals surface area contributed by atoms with Crippen molar-refractivity contribution in [3.63, 3.8) is 0 Å². The molecule has 0 heterocycles. The standard InChI is InChI=1S/C37H39Cl2N3O4S/c1-26-19-21-30(22-20-26)47(45,46)42(34-18-9-6-11-27(34)2)25-36(43)41(24-31-32(38)16-10-17-33(31)39)35(23-28-12-4-3-5-13-28)37(44)40-29-14-7-8-15-29/h3-6,9-13,16-22,29,35H,7-8,14-15,23-25H2,1-2H3,(H,40,44)/t35-/m1/s1. The van der Waals surface area contributed by atoms with Crippen molar-refractivity contribution in [2.24, 2.45) is 0 Å². The number of aryl methyl sites for hydroxylation is 2. The lowest BCUT2D eigenvalue weighted by Crippen LogP contribution is -2.54. The lowest BCUT2D eigenvalue weighted by Gasteiger charge is -2.35. The minimum atomic E-state index is -4.20. The van der Waals surface area contributed by atoms with Gasteiger partial charge in [0.25, 0.3) is 10.0 Å². The molecule has 1 atom stereocenters. The highest BCUT2D eigenvalue weighted by atomic mass is 35.5. The van der Waals surface area contributed by atoms with Crippen molar-refractivity contribution in [2.75, 3.05) is 10.8 Å². The minimum absolute atomic E-state index is 0.00649. The summed E-state index contributed by atoms with van der Waals surface area (Å²) in [6, 6.07) is 27.1. The molecule has 1 saturated carbocycles. The molecular weight excluding hydrogens is 653 g/mol. The fourth-order valence-corrected chi connectivity index (χ4v) is 7.96. The number of sulfonamides is 1. The molecule has 0 saturated heterocycles. The van der Waals surface area contributed by atoms with Gasteiger partial charge >= 0.3 is 0 Å². The molecule has 4 aromatic carbocycles. The second-order valence-electron chi connectivity index (χ2n) is 12.0. The molecule has 5 rings (SSSR count). The van der Waals surface area contributed by atoms with E-state index in [1.54, 1.807) is 55.5 Å². The van der Waals surface area contributed by atoms with Gasteiger partial charge < -0.3 is 10.2 Å². The second kappa shape index (κ2) is 15.4. The van der Waals surface area contributed by atoms with E-state index in [9.17, 15) is 18.0 Å². The summed E-state index contributed by atoms with van der Waals surface area (Å²) >= 11 is 13.2. The first-order valence-electron chi connectivity index (χ1n) is 15.8. The number of rotatable bonds is 12. The van der Waals surface area contributed by atoms with Crippen LogP contribution in [0.5, 0.6) is 0 Å². The molecule has 0 unspecified atom stereocenters. The molecule has 0 aromatic heterocycles. The normalized spacial score (nSPS) is 14.0. The van der Waals surface area contributed by atoms with Gasteiger partial charge in [0.1, 0.15) is 12.6 Å². The van der Waals surface area contributed by atoms with Crippen molar-refractivity contribution in [1.82, 2.24) is 10.2 Å². The Balaban J connectivity index is 1.60. The molecule has 47 heavy (non-hydrogen) atoms. The Labute approximate surface area is 287 Å². The average Bonchev–Trinajstić information content (AvgIpc) is 3.57. The first-order valence-corrected chi connectivity index (χ1v) is 18.0. The Hall–Kier alpha value is -3.85. The van der Waals surface area contributed by atoms with Crippen molar-refractivity contribution >= 4 is 50.7 Å². The zero-order valence-electron chi connectivity index (χ0n) is 26.5. The zero-order valence-corrected chi connectivity index (χ0v) is 28.9. The summed E-state index contributed by atoms with van der Waals surface area (Å²) in [7, 11) is -4.20. The third kappa shape index (κ3) is 8.36. The first kappa shape index (κ1) is 34.5. The number of hydrogen-bond acceptors (Lipinski definition) is 4. The van der Waals surface area contributed by atoms with Crippen LogP contribution in [0.3, 0.4) is 0 Å². The smallest absolute Gasteiger partial charge is 0.264 e. The van der Waals surface area contributed by atoms with E-state index in [4.69, 9.17) is 23.2 Å². The molecule has 1 fully saturated rings. The maximum atomic E-state index is 14.7. The predicted molar refractivity (Wildman–Crippen MR) is 188 cm³/mol. The Morgan fingerprint density at radius 1 is 0.830 bits per heavy atom. The van der Waals surface area contributed by atoms with Crippen LogP contribution in [0.2, 0.25) is 10.0 Å². The number of hydrogen-bond donors (Lipinski definition) is 1. The summed E-state index contributed by atoms with van der Waals surface area (Å²) in [5.74, 6) is -0.872. The Morgan fingerprint density at radius 3 is 2.09 bits per heavy atom. The summed E-state index contributed by atoms with van der Waals surface area (Å²) in [4.78, 5) is 30.4. The van der Waals surface area contributed by atoms with Crippen molar-refractivity contribution in [2.45, 2.75) is 69.5 Å². The molecule has 10 heteroatoms. The van der Waals surface area contributed by atoms with Gasteiger partial charge in [-0.15, -0.1) is 0 Å². The maximum Gasteiger partial charge on any atom is 0.264 e. The summed E-state index contributed by atoms with van der Waals surface area (Å²) in [5.41, 5.74) is 3.27. The summed E-state index contributed by atoms with van der Waals surface area (Å²) in [5, 5.41) is 3.86. The van der Waals surface area contributed by atoms with Crippen molar-refractivity contribution in [3.8, 4) is 0 Å². The molecule has 1 aliphatic carbocycles. The molecule has 4 aromatic rings. The predicted octanol–water partition coefficient (Wildman–Crippen LogP) is 7.50. The van der Waals surface area contributed by atoms with Gasteiger partial charge in [0.2, 0.25) is 11.8 Å². The van der Waals surface area contributed by atoms with Crippen LogP contribution in [0.25, 0.3) is 0 Å². The van der Waals surface area contributed by atoms with Crippen LogP contribution in [-0.4, -0.2) is 43.8 Å². The molecule has 0 bridgehead atoms. The van der Waals surface area contributed by atoms with Crippen LogP contribution >= 0.6 is 23.2 Å². The second-order valence-corrected chi connectivity index (χ2v) is 14.7. The van der Waals surface area contributed by atoms with Crippen LogP contribution in [0.1, 0.15) is 47.9 Å². The highest BCUT2D eigenvalue weighted by Gasteiger charge is 2.36. The number of para-hydroxylation sites is 1. The van der Waals surface area contributed by atoms with Gasteiger partial charge in [0, 0.05) is 34.6 Å². The van der Waals surface area contributed by atoms with Gasteiger partial charge in [0.15, 0.2) is 0 Å². The van der Waals surface area contributed by atoms with Crippen molar-refractivity contribution in [1.29, 1.82) is 0 Å². The zero-order chi connectivity index (χ0) is 33.6. The van der Waals surface area contributed by atoms with E-state index in [2.05, 4.69) is 5.32 Å². The van der Waals surface area contributed by atoms with Gasteiger partial charge in [-0.05, 0) is 68.1 Å². The third-order valence-electron chi connectivity index (χ3n) is 8.63. The molecule has 0 radical (unpaired) electrons. The Bertz CT molecular complexity index is 1790. The number of carbonyl (C=O) groups is 2. The van der Waals surface area contributed by atoms with E-state index in [-0.39, 0.29) is 29.8 Å². The lowest BCUT2D eigenvalue weighted by molar-refractivity contribution is -0.140. The van der Waals surface area contributed by atoms with Crippen LogP contribution in [0.4, 0.5) is 5.69 Å². The highest BCUT2D eigenvalue weighted by molar-refractivity contribution is 7.92. The number of anilines is 1. The molecule has 1 N–H and O–H groups in total. The maximum absolute atomic E-state index is 14.7. The van der Waals surface area contributed by atoms with Crippen LogP contribution in [-0.2, 0) is 32.6 Å². The van der Waals surface area contributed by atoms with E-state index in [1.165, 1.54) is 17.0 Å². The third-order valence-corrected chi connectivity index (χ3v) is 11.1. The summed E-state index contributed by atoms with van der Waals surface area (Å²) in [6.07, 6.45) is 3.99. The van der Waals surface area contributed by atoms with Crippen molar-refractivity contribution in [3.05, 3.63) is 129 Å². The Morgan fingerprint density at radius 2 is 1.45 bits per heavy atom. The minimum Gasteiger partial charge on any atom is -0.352 e. The van der Waals surface area contributed by atoms with Crippen molar-refractivity contribution < 1.29 is 18.0 Å². The van der Waals surface area contributed by atoms with Crippen LogP contribution in [0, 0.1) is 13.8 Å². The number of amides is 2. The van der Waals surface area contributed by atoms with Gasteiger partial charge in [-0.3, -0.25) is 13.9 Å². The molecule has 2 amide bonds. The highest BCUT2D eigenvalue weighted by Crippen LogP contribution is 2.30. The van der Waals surface area contributed by atoms with E-state index in [0.29, 0.717) is 26.9 Å². The number of benzene rings is 4.